The lowest BCUT2D eigenvalue weighted by molar-refractivity contribution is 0.186. The fraction of sp³-hybridized carbons (Fsp3) is 0.400. The molecule has 1 fully saturated rings. The first-order chi connectivity index (χ1) is 8.86. The van der Waals surface area contributed by atoms with Crippen LogP contribution in [0.3, 0.4) is 0 Å². The van der Waals surface area contributed by atoms with E-state index in [-0.39, 0.29) is 24.8 Å². The number of aromatic nitrogens is 1. The van der Waals surface area contributed by atoms with E-state index in [1.807, 2.05) is 6.20 Å². The molecule has 1 aliphatic heterocycles. The molecule has 0 spiro atoms. The maximum Gasteiger partial charge on any atom is 0.0705 e. The van der Waals surface area contributed by atoms with Gasteiger partial charge < -0.3 is 5.32 Å². The smallest absolute Gasteiger partial charge is 0.0705 e. The molecule has 5 heteroatoms. The number of pyridine rings is 1. The van der Waals surface area contributed by atoms with Gasteiger partial charge in [0.05, 0.1) is 5.52 Å². The third kappa shape index (κ3) is 3.41. The fourth-order valence-corrected chi connectivity index (χ4v) is 2.75. The average molecular weight is 314 g/mol. The molecule has 1 aromatic heterocycles. The van der Waals surface area contributed by atoms with Gasteiger partial charge >= 0.3 is 0 Å². The van der Waals surface area contributed by atoms with Crippen molar-refractivity contribution in [2.45, 2.75) is 13.0 Å². The lowest BCUT2D eigenvalue weighted by Gasteiger charge is -2.33. The van der Waals surface area contributed by atoms with Gasteiger partial charge in [-0.15, -0.1) is 24.8 Å². The highest BCUT2D eigenvalue weighted by Crippen LogP contribution is 2.26. The number of hydrogen-bond acceptors (Lipinski definition) is 3. The van der Waals surface area contributed by atoms with Gasteiger partial charge in [0.15, 0.2) is 0 Å². The maximum atomic E-state index is 4.44. The predicted octanol–water partition coefficient (Wildman–Crippen LogP) is 3.04. The highest BCUT2D eigenvalue weighted by atomic mass is 35.5. The summed E-state index contributed by atoms with van der Waals surface area (Å²) in [7, 11) is 0. The molecular weight excluding hydrogens is 293 g/mol. The minimum atomic E-state index is 0. The molecule has 0 radical (unpaired) electrons. The molecule has 1 atom stereocenters. The minimum Gasteiger partial charge on any atom is -0.314 e. The normalized spacial score (nSPS) is 17.1. The van der Waals surface area contributed by atoms with Crippen molar-refractivity contribution >= 4 is 35.7 Å². The molecule has 1 N–H and O–H groups in total. The standard InChI is InChI=1S/C15H19N3.2ClH/c1-12(18-10-8-16-9-11-18)13-6-7-17-15-5-3-2-4-14(13)15;;/h2-7,12,16H,8-11H2,1H3;2*1H/t12-;;/m1../s1. The fourth-order valence-electron chi connectivity index (χ4n) is 2.75. The number of fused-ring (bicyclic) bond motifs is 1. The Morgan fingerprint density at radius 2 is 1.80 bits per heavy atom. The van der Waals surface area contributed by atoms with E-state index in [0.717, 1.165) is 31.7 Å². The van der Waals surface area contributed by atoms with E-state index in [0.29, 0.717) is 6.04 Å². The van der Waals surface area contributed by atoms with Crippen LogP contribution in [0.1, 0.15) is 18.5 Å². The monoisotopic (exact) mass is 313 g/mol. The van der Waals surface area contributed by atoms with Crippen LogP contribution in [0.15, 0.2) is 36.5 Å². The zero-order chi connectivity index (χ0) is 12.4. The summed E-state index contributed by atoms with van der Waals surface area (Å²) in [5.41, 5.74) is 2.49. The Hall–Kier alpha value is -0.870. The Morgan fingerprint density at radius 1 is 1.10 bits per heavy atom. The van der Waals surface area contributed by atoms with Crippen LogP contribution in [-0.4, -0.2) is 36.1 Å². The van der Waals surface area contributed by atoms with Gasteiger partial charge in [0.2, 0.25) is 0 Å². The molecule has 0 amide bonds. The first-order valence-corrected chi connectivity index (χ1v) is 6.64. The van der Waals surface area contributed by atoms with Crippen molar-refractivity contribution in [3.8, 4) is 0 Å². The van der Waals surface area contributed by atoms with Gasteiger partial charge in [-0.05, 0) is 24.6 Å². The summed E-state index contributed by atoms with van der Waals surface area (Å²) in [6, 6.07) is 11.0. The summed E-state index contributed by atoms with van der Waals surface area (Å²) in [4.78, 5) is 6.98. The van der Waals surface area contributed by atoms with Gasteiger partial charge in [-0.3, -0.25) is 9.88 Å². The van der Waals surface area contributed by atoms with Crippen molar-refractivity contribution in [1.82, 2.24) is 15.2 Å². The van der Waals surface area contributed by atoms with Crippen LogP contribution in [0, 0.1) is 0 Å². The maximum absolute atomic E-state index is 4.44. The number of nitrogens with zero attached hydrogens (tertiary/aromatic N) is 2. The van der Waals surface area contributed by atoms with Crippen molar-refractivity contribution < 1.29 is 0 Å². The molecular formula is C15H21Cl2N3. The van der Waals surface area contributed by atoms with Crippen molar-refractivity contribution in [2.24, 2.45) is 0 Å². The molecule has 0 aliphatic carbocycles. The number of piperazine rings is 1. The van der Waals surface area contributed by atoms with E-state index >= 15 is 0 Å². The summed E-state index contributed by atoms with van der Waals surface area (Å²) in [6.07, 6.45) is 1.93. The van der Waals surface area contributed by atoms with Gasteiger partial charge in [0, 0.05) is 43.8 Å². The second kappa shape index (κ2) is 7.79. The lowest BCUT2D eigenvalue weighted by atomic mass is 10.0. The zero-order valence-corrected chi connectivity index (χ0v) is 13.2. The number of benzene rings is 1. The molecule has 3 rings (SSSR count). The average Bonchev–Trinajstić information content (AvgIpc) is 2.47. The molecule has 1 saturated heterocycles. The summed E-state index contributed by atoms with van der Waals surface area (Å²) in [6.45, 7) is 6.73. The molecule has 3 nitrogen and oxygen atoms in total. The van der Waals surface area contributed by atoms with Gasteiger partial charge in [-0.1, -0.05) is 18.2 Å². The van der Waals surface area contributed by atoms with Crippen molar-refractivity contribution in [3.63, 3.8) is 0 Å². The van der Waals surface area contributed by atoms with E-state index in [1.54, 1.807) is 0 Å². The van der Waals surface area contributed by atoms with Crippen LogP contribution < -0.4 is 5.32 Å². The second-order valence-electron chi connectivity index (χ2n) is 4.88. The highest BCUT2D eigenvalue weighted by Gasteiger charge is 2.19. The summed E-state index contributed by atoms with van der Waals surface area (Å²) < 4.78 is 0. The summed E-state index contributed by atoms with van der Waals surface area (Å²) >= 11 is 0. The SMILES string of the molecule is C[C@H](c1ccnc2ccccc12)N1CCNCC1.Cl.Cl. The van der Waals surface area contributed by atoms with Crippen LogP contribution >= 0.6 is 24.8 Å². The molecule has 2 aromatic rings. The van der Waals surface area contributed by atoms with Crippen LogP contribution in [0.5, 0.6) is 0 Å². The number of para-hydroxylation sites is 1. The van der Waals surface area contributed by atoms with E-state index < -0.39 is 0 Å². The van der Waals surface area contributed by atoms with Gasteiger partial charge in [-0.2, -0.15) is 0 Å². The molecule has 0 unspecified atom stereocenters. The molecule has 0 saturated carbocycles. The van der Waals surface area contributed by atoms with Crippen molar-refractivity contribution in [3.05, 3.63) is 42.1 Å². The van der Waals surface area contributed by atoms with Crippen LogP contribution in [-0.2, 0) is 0 Å². The number of hydrogen-bond donors (Lipinski definition) is 1. The van der Waals surface area contributed by atoms with E-state index in [4.69, 9.17) is 0 Å². The highest BCUT2D eigenvalue weighted by molar-refractivity contribution is 5.85. The Balaban J connectivity index is 0.000001000. The molecule has 20 heavy (non-hydrogen) atoms. The first kappa shape index (κ1) is 17.2. The Kier molecular flexibility index (Phi) is 6.69. The molecule has 1 aromatic carbocycles. The van der Waals surface area contributed by atoms with E-state index in [2.05, 4.69) is 52.5 Å². The first-order valence-electron chi connectivity index (χ1n) is 6.64. The Bertz CT molecular complexity index is 536. The van der Waals surface area contributed by atoms with Gasteiger partial charge in [-0.25, -0.2) is 0 Å². The topological polar surface area (TPSA) is 28.2 Å². The number of rotatable bonds is 2. The molecule has 2 heterocycles. The lowest BCUT2D eigenvalue weighted by Crippen LogP contribution is -2.44. The predicted molar refractivity (Wildman–Crippen MR) is 89.1 cm³/mol. The van der Waals surface area contributed by atoms with Gasteiger partial charge in [0.25, 0.3) is 0 Å². The van der Waals surface area contributed by atoms with E-state index in [1.165, 1.54) is 10.9 Å². The third-order valence-corrected chi connectivity index (χ3v) is 3.83. The quantitative estimate of drug-likeness (QED) is 0.923. The summed E-state index contributed by atoms with van der Waals surface area (Å²) in [5, 5.41) is 4.69. The Labute approximate surface area is 132 Å². The van der Waals surface area contributed by atoms with Crippen LogP contribution in [0.4, 0.5) is 0 Å². The molecule has 1 aliphatic rings. The van der Waals surface area contributed by atoms with Crippen LogP contribution in [0.2, 0.25) is 0 Å². The zero-order valence-electron chi connectivity index (χ0n) is 11.6. The third-order valence-electron chi connectivity index (χ3n) is 3.83. The minimum absolute atomic E-state index is 0. The van der Waals surface area contributed by atoms with Crippen molar-refractivity contribution in [1.29, 1.82) is 0 Å². The van der Waals surface area contributed by atoms with Crippen LogP contribution in [0.25, 0.3) is 10.9 Å². The number of halogens is 2. The summed E-state index contributed by atoms with van der Waals surface area (Å²) in [5.74, 6) is 0. The molecule has 0 bridgehead atoms. The van der Waals surface area contributed by atoms with Gasteiger partial charge in [0.1, 0.15) is 0 Å². The van der Waals surface area contributed by atoms with E-state index in [9.17, 15) is 0 Å². The second-order valence-corrected chi connectivity index (χ2v) is 4.88. The number of nitrogens with one attached hydrogen (secondary N) is 1. The molecule has 110 valence electrons. The van der Waals surface area contributed by atoms with Crippen molar-refractivity contribution in [2.75, 3.05) is 26.2 Å². The Morgan fingerprint density at radius 3 is 2.55 bits per heavy atom. The largest absolute Gasteiger partial charge is 0.314 e.